The zero-order chi connectivity index (χ0) is 26.3. The van der Waals surface area contributed by atoms with Crippen molar-refractivity contribution in [2.75, 3.05) is 10.5 Å². The number of fused-ring (bicyclic) bond motifs is 2. The average Bonchev–Trinajstić information content (AvgIpc) is 3.27. The SMILES string of the molecule is Nc1c(C(=O)c2ccc(S(=O)(=O)Nc3ccccn3)cc2)sc2nc3c(cc12)CC(c1ccccc1)CC3. The second-order valence-electron chi connectivity index (χ2n) is 9.32. The number of aryl methyl sites for hydroxylation is 1. The van der Waals surface area contributed by atoms with E-state index >= 15 is 0 Å². The molecule has 3 heterocycles. The molecule has 1 unspecified atom stereocenters. The van der Waals surface area contributed by atoms with Gasteiger partial charge < -0.3 is 5.73 Å². The van der Waals surface area contributed by atoms with Gasteiger partial charge >= 0.3 is 0 Å². The molecular weight excluding hydrogens is 516 g/mol. The number of hydrogen-bond acceptors (Lipinski definition) is 7. The third-order valence-electron chi connectivity index (χ3n) is 6.89. The van der Waals surface area contributed by atoms with Gasteiger partial charge in [-0.25, -0.2) is 18.4 Å². The van der Waals surface area contributed by atoms with Gasteiger partial charge in [-0.3, -0.25) is 9.52 Å². The molecule has 2 aromatic carbocycles. The van der Waals surface area contributed by atoms with Gasteiger partial charge in [0.25, 0.3) is 10.0 Å². The van der Waals surface area contributed by atoms with Gasteiger partial charge in [-0.15, -0.1) is 11.3 Å². The zero-order valence-electron chi connectivity index (χ0n) is 20.3. The number of anilines is 2. The van der Waals surface area contributed by atoms with Crippen molar-refractivity contribution in [3.63, 3.8) is 0 Å². The second-order valence-corrected chi connectivity index (χ2v) is 12.0. The van der Waals surface area contributed by atoms with Crippen LogP contribution < -0.4 is 10.5 Å². The van der Waals surface area contributed by atoms with E-state index in [2.05, 4.69) is 40.0 Å². The van der Waals surface area contributed by atoms with Crippen molar-refractivity contribution in [1.82, 2.24) is 9.97 Å². The average molecular weight is 541 g/mol. The highest BCUT2D eigenvalue weighted by Crippen LogP contribution is 2.39. The maximum atomic E-state index is 13.4. The van der Waals surface area contributed by atoms with Crippen molar-refractivity contribution in [2.24, 2.45) is 0 Å². The molecule has 0 radical (unpaired) electrons. The van der Waals surface area contributed by atoms with Gasteiger partial charge in [0.05, 0.1) is 10.6 Å². The van der Waals surface area contributed by atoms with Crippen LogP contribution in [0.15, 0.2) is 90.0 Å². The van der Waals surface area contributed by atoms with Crippen molar-refractivity contribution in [3.8, 4) is 0 Å². The lowest BCUT2D eigenvalue weighted by Gasteiger charge is -2.24. The Kier molecular flexibility index (Phi) is 6.17. The molecule has 1 aliphatic carbocycles. The number of nitrogens with two attached hydrogens (primary N) is 1. The lowest BCUT2D eigenvalue weighted by atomic mass is 9.82. The van der Waals surface area contributed by atoms with E-state index in [1.165, 1.54) is 52.9 Å². The number of carbonyl (C=O) groups is 1. The van der Waals surface area contributed by atoms with Crippen LogP contribution in [0.5, 0.6) is 0 Å². The van der Waals surface area contributed by atoms with E-state index in [1.807, 2.05) is 6.07 Å². The summed E-state index contributed by atoms with van der Waals surface area (Å²) >= 11 is 1.28. The van der Waals surface area contributed by atoms with E-state index in [1.54, 1.807) is 18.2 Å². The molecule has 6 rings (SSSR count). The molecule has 0 saturated heterocycles. The Morgan fingerprint density at radius 3 is 2.50 bits per heavy atom. The van der Waals surface area contributed by atoms with Crippen LogP contribution in [0.25, 0.3) is 10.2 Å². The highest BCUT2D eigenvalue weighted by molar-refractivity contribution is 7.92. The summed E-state index contributed by atoms with van der Waals surface area (Å²) in [5.74, 6) is 0.397. The molecule has 0 aliphatic heterocycles. The number of nitrogens with one attached hydrogen (secondary N) is 1. The maximum absolute atomic E-state index is 13.4. The first-order valence-corrected chi connectivity index (χ1v) is 14.5. The fourth-order valence-electron chi connectivity index (χ4n) is 4.90. The Morgan fingerprint density at radius 1 is 1.00 bits per heavy atom. The van der Waals surface area contributed by atoms with Crippen LogP contribution in [-0.4, -0.2) is 24.2 Å². The number of aromatic nitrogens is 2. The number of sulfonamides is 1. The minimum Gasteiger partial charge on any atom is -0.397 e. The first-order valence-electron chi connectivity index (χ1n) is 12.2. The molecule has 9 heteroatoms. The van der Waals surface area contributed by atoms with E-state index in [9.17, 15) is 13.2 Å². The van der Waals surface area contributed by atoms with Crippen molar-refractivity contribution in [1.29, 1.82) is 0 Å². The molecule has 0 bridgehead atoms. The summed E-state index contributed by atoms with van der Waals surface area (Å²) in [7, 11) is -3.84. The van der Waals surface area contributed by atoms with Crippen LogP contribution in [0, 0.1) is 0 Å². The number of ketones is 1. The van der Waals surface area contributed by atoms with E-state index in [-0.39, 0.29) is 16.5 Å². The fourth-order valence-corrected chi connectivity index (χ4v) is 6.97. The van der Waals surface area contributed by atoms with Crippen molar-refractivity contribution in [2.45, 2.75) is 30.1 Å². The van der Waals surface area contributed by atoms with Crippen LogP contribution in [0.1, 0.15) is 44.4 Å². The molecule has 3 N–H and O–H groups in total. The monoisotopic (exact) mass is 540 g/mol. The summed E-state index contributed by atoms with van der Waals surface area (Å²) in [6, 6.07) is 23.4. The predicted molar refractivity (Wildman–Crippen MR) is 150 cm³/mol. The third kappa shape index (κ3) is 4.55. The minimum absolute atomic E-state index is 0.0336. The number of benzene rings is 2. The van der Waals surface area contributed by atoms with Gasteiger partial charge in [-0.1, -0.05) is 36.4 Å². The molecule has 0 amide bonds. The third-order valence-corrected chi connectivity index (χ3v) is 9.38. The summed E-state index contributed by atoms with van der Waals surface area (Å²) in [6.45, 7) is 0. The van der Waals surface area contributed by atoms with Gasteiger partial charge in [0, 0.05) is 22.8 Å². The quantitative estimate of drug-likeness (QED) is 0.272. The lowest BCUT2D eigenvalue weighted by molar-refractivity contribution is 0.104. The Bertz CT molecular complexity index is 1750. The Morgan fingerprint density at radius 2 is 1.76 bits per heavy atom. The van der Waals surface area contributed by atoms with Gasteiger partial charge in [-0.05, 0) is 78.8 Å². The van der Waals surface area contributed by atoms with Crippen LogP contribution in [-0.2, 0) is 22.9 Å². The van der Waals surface area contributed by atoms with E-state index < -0.39 is 10.0 Å². The molecule has 0 saturated carbocycles. The number of hydrogen-bond donors (Lipinski definition) is 2. The Balaban J connectivity index is 1.26. The first-order chi connectivity index (χ1) is 18.4. The molecule has 1 atom stereocenters. The molecule has 190 valence electrons. The van der Waals surface area contributed by atoms with Crippen LogP contribution in [0.4, 0.5) is 11.5 Å². The molecule has 1 aliphatic rings. The number of carbonyl (C=O) groups excluding carboxylic acids is 1. The molecule has 7 nitrogen and oxygen atoms in total. The largest absolute Gasteiger partial charge is 0.397 e. The fraction of sp³-hybridized carbons (Fsp3) is 0.138. The summed E-state index contributed by atoms with van der Waals surface area (Å²) in [5.41, 5.74) is 10.8. The highest BCUT2D eigenvalue weighted by atomic mass is 32.2. The summed E-state index contributed by atoms with van der Waals surface area (Å²) in [4.78, 5) is 23.4. The van der Waals surface area contributed by atoms with Crippen LogP contribution >= 0.6 is 11.3 Å². The highest BCUT2D eigenvalue weighted by Gasteiger charge is 2.25. The van der Waals surface area contributed by atoms with E-state index in [0.29, 0.717) is 22.0 Å². The standard InChI is InChI=1S/C29H24N4O3S2/c30-26-23-17-21-16-20(18-6-2-1-3-7-18)11-14-24(21)32-29(23)37-28(26)27(34)19-9-12-22(13-10-19)38(35,36)33-25-8-4-5-15-31-25/h1-10,12-13,15,17,20H,11,14,16,30H2,(H,31,33). The minimum atomic E-state index is -3.84. The smallest absolute Gasteiger partial charge is 0.263 e. The lowest BCUT2D eigenvalue weighted by Crippen LogP contribution is -2.14. The molecule has 3 aromatic heterocycles. The predicted octanol–water partition coefficient (Wildman–Crippen LogP) is 5.58. The number of thiophene rings is 1. The number of rotatable bonds is 6. The Hall–Kier alpha value is -4.08. The van der Waals surface area contributed by atoms with E-state index in [0.717, 1.165) is 35.2 Å². The first kappa shape index (κ1) is 24.3. The molecule has 38 heavy (non-hydrogen) atoms. The van der Waals surface area contributed by atoms with E-state index in [4.69, 9.17) is 10.7 Å². The van der Waals surface area contributed by atoms with Crippen LogP contribution in [0.2, 0.25) is 0 Å². The molecule has 0 fully saturated rings. The summed E-state index contributed by atoms with van der Waals surface area (Å²) < 4.78 is 27.8. The van der Waals surface area contributed by atoms with Crippen molar-refractivity contribution < 1.29 is 13.2 Å². The van der Waals surface area contributed by atoms with Crippen molar-refractivity contribution in [3.05, 3.63) is 112 Å². The van der Waals surface area contributed by atoms with Crippen LogP contribution in [0.3, 0.4) is 0 Å². The summed E-state index contributed by atoms with van der Waals surface area (Å²) in [5, 5.41) is 0.796. The zero-order valence-corrected chi connectivity index (χ0v) is 21.9. The maximum Gasteiger partial charge on any atom is 0.263 e. The normalized spacial score (nSPS) is 15.2. The van der Waals surface area contributed by atoms with Gasteiger partial charge in [0.2, 0.25) is 5.78 Å². The number of nitrogens with zero attached hydrogens (tertiary/aromatic N) is 2. The number of nitrogen functional groups attached to an aromatic ring is 1. The van der Waals surface area contributed by atoms with Gasteiger partial charge in [0.1, 0.15) is 15.5 Å². The number of pyridine rings is 2. The topological polar surface area (TPSA) is 115 Å². The molecule has 5 aromatic rings. The van der Waals surface area contributed by atoms with Gasteiger partial charge in [0.15, 0.2) is 0 Å². The molecule has 0 spiro atoms. The van der Waals surface area contributed by atoms with Crippen molar-refractivity contribution >= 4 is 48.9 Å². The van der Waals surface area contributed by atoms with Gasteiger partial charge in [-0.2, -0.15) is 0 Å². The molecular formula is C29H24N4O3S2. The Labute approximate surface area is 224 Å². The summed E-state index contributed by atoms with van der Waals surface area (Å²) in [6.07, 6.45) is 4.31. The second kappa shape index (κ2) is 9.66.